The first-order valence-electron chi connectivity index (χ1n) is 7.61. The summed E-state index contributed by atoms with van der Waals surface area (Å²) in [5.41, 5.74) is 6.34. The first kappa shape index (κ1) is 13.9. The van der Waals surface area contributed by atoms with E-state index in [4.69, 9.17) is 5.73 Å². The summed E-state index contributed by atoms with van der Waals surface area (Å²) in [6.07, 6.45) is 10.6. The molecule has 0 aliphatic heterocycles. The van der Waals surface area contributed by atoms with Crippen LogP contribution in [0.4, 0.5) is 0 Å². The van der Waals surface area contributed by atoms with Gasteiger partial charge in [0.15, 0.2) is 0 Å². The van der Waals surface area contributed by atoms with Gasteiger partial charge in [-0.1, -0.05) is 26.2 Å². The van der Waals surface area contributed by atoms with E-state index in [-0.39, 0.29) is 11.3 Å². The molecule has 18 heavy (non-hydrogen) atoms. The summed E-state index contributed by atoms with van der Waals surface area (Å²) in [4.78, 5) is 12.1. The maximum absolute atomic E-state index is 12.1. The first-order chi connectivity index (χ1) is 8.64. The molecule has 2 aliphatic rings. The predicted molar refractivity (Wildman–Crippen MR) is 74.2 cm³/mol. The Labute approximate surface area is 111 Å². The molecule has 0 aromatic rings. The van der Waals surface area contributed by atoms with Crippen LogP contribution in [-0.4, -0.2) is 19.0 Å². The summed E-state index contributed by atoms with van der Waals surface area (Å²) in [5, 5.41) is 3.18. The van der Waals surface area contributed by atoms with Crippen molar-refractivity contribution in [2.24, 2.45) is 16.6 Å². The monoisotopic (exact) mass is 252 g/mol. The predicted octanol–water partition coefficient (Wildman–Crippen LogP) is 2.59. The normalized spacial score (nSPS) is 24.6. The van der Waals surface area contributed by atoms with E-state index in [0.29, 0.717) is 18.4 Å². The fourth-order valence-electron chi connectivity index (χ4n) is 3.60. The zero-order chi connectivity index (χ0) is 13.1. The molecule has 0 spiro atoms. The lowest BCUT2D eigenvalue weighted by Crippen LogP contribution is -2.43. The highest BCUT2D eigenvalue weighted by Gasteiger charge is 2.38. The number of carbonyl (C=O) groups is 1. The molecule has 2 fully saturated rings. The molecular weight excluding hydrogens is 224 g/mol. The highest BCUT2D eigenvalue weighted by atomic mass is 16.1. The van der Waals surface area contributed by atoms with Crippen molar-refractivity contribution in [2.45, 2.75) is 64.7 Å². The molecule has 0 bridgehead atoms. The fraction of sp³-hybridized carbons (Fsp3) is 0.933. The Morgan fingerprint density at radius 2 is 1.72 bits per heavy atom. The molecule has 3 heteroatoms. The van der Waals surface area contributed by atoms with E-state index in [1.165, 1.54) is 38.5 Å². The molecule has 2 aliphatic carbocycles. The Hall–Kier alpha value is -0.570. The van der Waals surface area contributed by atoms with Crippen molar-refractivity contribution in [2.75, 3.05) is 13.1 Å². The molecule has 3 nitrogen and oxygen atoms in total. The molecule has 0 atom stereocenters. The molecule has 2 rings (SSSR count). The molecule has 104 valence electrons. The largest absolute Gasteiger partial charge is 0.356 e. The van der Waals surface area contributed by atoms with Gasteiger partial charge < -0.3 is 11.1 Å². The zero-order valence-electron chi connectivity index (χ0n) is 11.8. The second kappa shape index (κ2) is 5.60. The van der Waals surface area contributed by atoms with Crippen molar-refractivity contribution in [1.29, 1.82) is 0 Å². The van der Waals surface area contributed by atoms with E-state index in [9.17, 15) is 4.79 Å². The quantitative estimate of drug-likeness (QED) is 0.763. The molecule has 2 saturated carbocycles. The molecule has 0 heterocycles. The Bertz CT molecular complexity index is 285. The van der Waals surface area contributed by atoms with Gasteiger partial charge in [0, 0.05) is 13.0 Å². The number of rotatable bonds is 6. The summed E-state index contributed by atoms with van der Waals surface area (Å²) in [7, 11) is 0. The van der Waals surface area contributed by atoms with Crippen molar-refractivity contribution in [3.8, 4) is 0 Å². The lowest BCUT2D eigenvalue weighted by Gasteiger charge is -2.40. The van der Waals surface area contributed by atoms with E-state index in [0.717, 1.165) is 19.4 Å². The van der Waals surface area contributed by atoms with Crippen LogP contribution in [0.3, 0.4) is 0 Å². The third-order valence-electron chi connectivity index (χ3n) is 5.46. The fourth-order valence-corrected chi connectivity index (χ4v) is 3.60. The molecule has 0 aromatic heterocycles. The van der Waals surface area contributed by atoms with Crippen LogP contribution in [0.25, 0.3) is 0 Å². The third-order valence-corrected chi connectivity index (χ3v) is 5.46. The highest BCUT2D eigenvalue weighted by molar-refractivity contribution is 5.76. The Balaban J connectivity index is 1.77. The van der Waals surface area contributed by atoms with Crippen LogP contribution in [0.5, 0.6) is 0 Å². The van der Waals surface area contributed by atoms with E-state index in [1.807, 2.05) is 0 Å². The van der Waals surface area contributed by atoms with Gasteiger partial charge in [-0.05, 0) is 49.5 Å². The second-order valence-electron chi connectivity index (χ2n) is 6.57. The van der Waals surface area contributed by atoms with E-state index >= 15 is 0 Å². The number of hydrogen-bond acceptors (Lipinski definition) is 2. The van der Waals surface area contributed by atoms with Crippen molar-refractivity contribution in [3.63, 3.8) is 0 Å². The minimum absolute atomic E-state index is 0.138. The average Bonchev–Trinajstić information content (AvgIpc) is 2.81. The minimum atomic E-state index is 0.138. The SMILES string of the molecule is CCC1(CNC(=O)CC2(CN)CCC2)CCCC1. The molecule has 0 saturated heterocycles. The minimum Gasteiger partial charge on any atom is -0.356 e. The first-order valence-corrected chi connectivity index (χ1v) is 7.61. The van der Waals surface area contributed by atoms with Gasteiger partial charge in [0.1, 0.15) is 0 Å². The maximum Gasteiger partial charge on any atom is 0.220 e. The summed E-state index contributed by atoms with van der Waals surface area (Å²) >= 11 is 0. The van der Waals surface area contributed by atoms with Crippen molar-refractivity contribution in [1.82, 2.24) is 5.32 Å². The van der Waals surface area contributed by atoms with Crippen LogP contribution in [0.15, 0.2) is 0 Å². The lowest BCUT2D eigenvalue weighted by molar-refractivity contribution is -0.125. The number of hydrogen-bond donors (Lipinski definition) is 2. The molecule has 0 radical (unpaired) electrons. The van der Waals surface area contributed by atoms with Gasteiger partial charge in [0.2, 0.25) is 5.91 Å². The van der Waals surface area contributed by atoms with E-state index in [2.05, 4.69) is 12.2 Å². The topological polar surface area (TPSA) is 55.1 Å². The molecule has 0 aromatic carbocycles. The number of nitrogens with two attached hydrogens (primary N) is 1. The molecular formula is C15H28N2O. The van der Waals surface area contributed by atoms with Crippen molar-refractivity contribution >= 4 is 5.91 Å². The van der Waals surface area contributed by atoms with Crippen molar-refractivity contribution < 1.29 is 4.79 Å². The number of nitrogens with one attached hydrogen (secondary N) is 1. The smallest absolute Gasteiger partial charge is 0.220 e. The number of amides is 1. The summed E-state index contributed by atoms with van der Waals surface area (Å²) in [6, 6.07) is 0. The third kappa shape index (κ3) is 2.87. The Morgan fingerprint density at radius 1 is 1.11 bits per heavy atom. The van der Waals surface area contributed by atoms with E-state index in [1.54, 1.807) is 0 Å². The second-order valence-corrected chi connectivity index (χ2v) is 6.57. The molecule has 1 amide bonds. The van der Waals surface area contributed by atoms with E-state index < -0.39 is 0 Å². The maximum atomic E-state index is 12.1. The van der Waals surface area contributed by atoms with Gasteiger partial charge in [0.05, 0.1) is 0 Å². The summed E-state index contributed by atoms with van der Waals surface area (Å²) < 4.78 is 0. The van der Waals surface area contributed by atoms with Crippen LogP contribution >= 0.6 is 0 Å². The van der Waals surface area contributed by atoms with Gasteiger partial charge in [-0.25, -0.2) is 0 Å². The van der Waals surface area contributed by atoms with Gasteiger partial charge in [-0.2, -0.15) is 0 Å². The average molecular weight is 252 g/mol. The number of carbonyl (C=O) groups excluding carboxylic acids is 1. The molecule has 0 unspecified atom stereocenters. The lowest BCUT2D eigenvalue weighted by atomic mass is 9.66. The standard InChI is InChI=1S/C15H28N2O/c1-2-14(6-3-4-7-14)12-17-13(18)10-15(11-16)8-5-9-15/h2-12,16H2,1H3,(H,17,18). The summed E-state index contributed by atoms with van der Waals surface area (Å²) in [5.74, 6) is 0.222. The van der Waals surface area contributed by atoms with Crippen molar-refractivity contribution in [3.05, 3.63) is 0 Å². The van der Waals surface area contributed by atoms with Gasteiger partial charge >= 0.3 is 0 Å². The zero-order valence-corrected chi connectivity index (χ0v) is 11.8. The van der Waals surface area contributed by atoms with Crippen LogP contribution in [0.2, 0.25) is 0 Å². The van der Waals surface area contributed by atoms with Gasteiger partial charge in [-0.3, -0.25) is 4.79 Å². The van der Waals surface area contributed by atoms with Crippen LogP contribution < -0.4 is 11.1 Å². The van der Waals surface area contributed by atoms with Crippen LogP contribution in [0, 0.1) is 10.8 Å². The Kier molecular flexibility index (Phi) is 4.31. The highest BCUT2D eigenvalue weighted by Crippen LogP contribution is 2.43. The van der Waals surface area contributed by atoms with Crippen LogP contribution in [-0.2, 0) is 4.79 Å². The molecule has 3 N–H and O–H groups in total. The van der Waals surface area contributed by atoms with Crippen LogP contribution in [0.1, 0.15) is 64.7 Å². The van der Waals surface area contributed by atoms with Gasteiger partial charge in [0.25, 0.3) is 0 Å². The summed E-state index contributed by atoms with van der Waals surface area (Å²) in [6.45, 7) is 3.80. The Morgan fingerprint density at radius 3 is 2.17 bits per heavy atom. The van der Waals surface area contributed by atoms with Gasteiger partial charge in [-0.15, -0.1) is 0 Å².